The van der Waals surface area contributed by atoms with E-state index in [2.05, 4.69) is 0 Å². The lowest BCUT2D eigenvalue weighted by molar-refractivity contribution is 0.436. The molecule has 15 heavy (non-hydrogen) atoms. The molecule has 1 atom stereocenters. The van der Waals surface area contributed by atoms with Crippen LogP contribution in [0.25, 0.3) is 0 Å². The molecule has 3 heteroatoms. The summed E-state index contributed by atoms with van der Waals surface area (Å²) < 4.78 is 13.2. The quantitative estimate of drug-likeness (QED) is 0.840. The highest BCUT2D eigenvalue weighted by Gasteiger charge is 2.17. The van der Waals surface area contributed by atoms with Crippen LogP contribution in [0.4, 0.5) is 4.39 Å². The van der Waals surface area contributed by atoms with E-state index >= 15 is 0 Å². The van der Waals surface area contributed by atoms with Crippen LogP contribution in [0.5, 0.6) is 0 Å². The van der Waals surface area contributed by atoms with Gasteiger partial charge in [0.05, 0.1) is 5.02 Å². The van der Waals surface area contributed by atoms with Gasteiger partial charge in [-0.15, -0.1) is 0 Å². The zero-order valence-electron chi connectivity index (χ0n) is 9.35. The first-order chi connectivity index (χ1) is 6.79. The Balaban J connectivity index is 2.83. The van der Waals surface area contributed by atoms with Gasteiger partial charge in [0.15, 0.2) is 0 Å². The summed E-state index contributed by atoms with van der Waals surface area (Å²) in [5.74, 6) is -0.132. The third-order valence-electron chi connectivity index (χ3n) is 2.34. The van der Waals surface area contributed by atoms with Gasteiger partial charge in [-0.25, -0.2) is 4.39 Å². The molecule has 0 heterocycles. The average molecular weight is 230 g/mol. The average Bonchev–Trinajstić information content (AvgIpc) is 2.06. The molecule has 84 valence electrons. The number of benzene rings is 1. The summed E-state index contributed by atoms with van der Waals surface area (Å²) in [4.78, 5) is 0. The molecule has 0 spiro atoms. The van der Waals surface area contributed by atoms with Crippen molar-refractivity contribution in [2.75, 3.05) is 0 Å². The Bertz CT molecular complexity index is 344. The molecule has 0 aromatic heterocycles. The number of halogens is 2. The van der Waals surface area contributed by atoms with Crippen LogP contribution in [0.3, 0.4) is 0 Å². The van der Waals surface area contributed by atoms with E-state index in [9.17, 15) is 4.39 Å². The SMILES string of the molecule is CC(CC(C)(C)N)c1ccc(Cl)c(F)c1. The fourth-order valence-electron chi connectivity index (χ4n) is 1.73. The summed E-state index contributed by atoms with van der Waals surface area (Å²) >= 11 is 5.62. The van der Waals surface area contributed by atoms with Crippen molar-refractivity contribution in [2.24, 2.45) is 5.73 Å². The lowest BCUT2D eigenvalue weighted by Gasteiger charge is -2.23. The van der Waals surface area contributed by atoms with E-state index in [0.717, 1.165) is 12.0 Å². The highest BCUT2D eigenvalue weighted by Crippen LogP contribution is 2.26. The second kappa shape index (κ2) is 4.50. The molecule has 0 aliphatic heterocycles. The molecule has 0 saturated carbocycles. The zero-order valence-corrected chi connectivity index (χ0v) is 10.1. The van der Waals surface area contributed by atoms with E-state index in [-0.39, 0.29) is 22.3 Å². The normalized spacial score (nSPS) is 14.0. The first-order valence-electron chi connectivity index (χ1n) is 5.03. The van der Waals surface area contributed by atoms with Gasteiger partial charge in [0.2, 0.25) is 0 Å². The van der Waals surface area contributed by atoms with E-state index in [1.54, 1.807) is 6.07 Å². The summed E-state index contributed by atoms with van der Waals surface area (Å²) in [5, 5.41) is 0.165. The van der Waals surface area contributed by atoms with Gasteiger partial charge in [-0.05, 0) is 43.9 Å². The van der Waals surface area contributed by atoms with Crippen molar-refractivity contribution in [3.05, 3.63) is 34.6 Å². The summed E-state index contributed by atoms with van der Waals surface area (Å²) in [5.41, 5.74) is 6.62. The molecule has 0 saturated heterocycles. The van der Waals surface area contributed by atoms with Crippen LogP contribution in [0.2, 0.25) is 5.02 Å². The molecule has 0 amide bonds. The maximum atomic E-state index is 13.2. The van der Waals surface area contributed by atoms with Crippen molar-refractivity contribution >= 4 is 11.6 Å². The third-order valence-corrected chi connectivity index (χ3v) is 2.65. The van der Waals surface area contributed by atoms with E-state index < -0.39 is 0 Å². The molecule has 2 N–H and O–H groups in total. The van der Waals surface area contributed by atoms with Gasteiger partial charge in [0.25, 0.3) is 0 Å². The van der Waals surface area contributed by atoms with Crippen molar-refractivity contribution in [1.29, 1.82) is 0 Å². The molecular weight excluding hydrogens is 213 g/mol. The van der Waals surface area contributed by atoms with Gasteiger partial charge in [-0.3, -0.25) is 0 Å². The minimum Gasteiger partial charge on any atom is -0.326 e. The summed E-state index contributed by atoms with van der Waals surface area (Å²) in [6, 6.07) is 4.92. The molecule has 0 aliphatic rings. The molecule has 0 fully saturated rings. The summed E-state index contributed by atoms with van der Waals surface area (Å²) in [6.45, 7) is 5.98. The third kappa shape index (κ3) is 3.80. The highest BCUT2D eigenvalue weighted by molar-refractivity contribution is 6.30. The van der Waals surface area contributed by atoms with Crippen molar-refractivity contribution < 1.29 is 4.39 Å². The highest BCUT2D eigenvalue weighted by atomic mass is 35.5. The largest absolute Gasteiger partial charge is 0.326 e. The smallest absolute Gasteiger partial charge is 0.142 e. The summed E-state index contributed by atoms with van der Waals surface area (Å²) in [6.07, 6.45) is 0.814. The minimum atomic E-state index is -0.365. The van der Waals surface area contributed by atoms with Crippen LogP contribution in [0.1, 0.15) is 38.7 Å². The maximum absolute atomic E-state index is 13.2. The number of hydrogen-bond acceptors (Lipinski definition) is 1. The second-order valence-corrected chi connectivity index (χ2v) is 5.17. The standard InChI is InChI=1S/C12H17ClFN/c1-8(7-12(2,3)15)9-4-5-10(13)11(14)6-9/h4-6,8H,7,15H2,1-3H3. The minimum absolute atomic E-state index is 0.165. The van der Waals surface area contributed by atoms with Crippen molar-refractivity contribution in [3.63, 3.8) is 0 Å². The lowest BCUT2D eigenvalue weighted by atomic mass is 9.88. The van der Waals surface area contributed by atoms with Gasteiger partial charge in [0, 0.05) is 5.54 Å². The Morgan fingerprint density at radius 1 is 1.47 bits per heavy atom. The van der Waals surface area contributed by atoms with Crippen LogP contribution in [0.15, 0.2) is 18.2 Å². The van der Waals surface area contributed by atoms with Gasteiger partial charge in [-0.1, -0.05) is 24.6 Å². The van der Waals surface area contributed by atoms with E-state index in [0.29, 0.717) is 0 Å². The Labute approximate surface area is 95.4 Å². The Kier molecular flexibility index (Phi) is 3.74. The number of hydrogen-bond donors (Lipinski definition) is 1. The second-order valence-electron chi connectivity index (χ2n) is 4.77. The fraction of sp³-hybridized carbons (Fsp3) is 0.500. The Hall–Kier alpha value is -0.600. The van der Waals surface area contributed by atoms with E-state index in [4.69, 9.17) is 17.3 Å². The van der Waals surface area contributed by atoms with Gasteiger partial charge in [0.1, 0.15) is 5.82 Å². The molecule has 1 aromatic rings. The Morgan fingerprint density at radius 3 is 2.53 bits per heavy atom. The number of rotatable bonds is 3. The monoisotopic (exact) mass is 229 g/mol. The van der Waals surface area contributed by atoms with Crippen LogP contribution in [-0.4, -0.2) is 5.54 Å². The predicted molar refractivity (Wildman–Crippen MR) is 62.7 cm³/mol. The van der Waals surface area contributed by atoms with Crippen molar-refractivity contribution in [1.82, 2.24) is 0 Å². The molecule has 1 unspecified atom stereocenters. The van der Waals surface area contributed by atoms with Gasteiger partial charge < -0.3 is 5.73 Å². The molecule has 1 nitrogen and oxygen atoms in total. The lowest BCUT2D eigenvalue weighted by Crippen LogP contribution is -2.33. The molecule has 0 bridgehead atoms. The van der Waals surface area contributed by atoms with E-state index in [1.165, 1.54) is 6.07 Å². The molecule has 0 radical (unpaired) electrons. The topological polar surface area (TPSA) is 26.0 Å². The molecule has 1 aromatic carbocycles. The van der Waals surface area contributed by atoms with Gasteiger partial charge in [-0.2, -0.15) is 0 Å². The first kappa shape index (κ1) is 12.5. The predicted octanol–water partition coefficient (Wildman–Crippen LogP) is 3.71. The summed E-state index contributed by atoms with van der Waals surface area (Å²) in [7, 11) is 0. The van der Waals surface area contributed by atoms with Crippen LogP contribution in [0, 0.1) is 5.82 Å². The maximum Gasteiger partial charge on any atom is 0.142 e. The molecule has 1 rings (SSSR count). The molecular formula is C12H17ClFN. The first-order valence-corrected chi connectivity index (χ1v) is 5.41. The van der Waals surface area contributed by atoms with Gasteiger partial charge >= 0.3 is 0 Å². The van der Waals surface area contributed by atoms with Crippen LogP contribution in [-0.2, 0) is 0 Å². The fourth-order valence-corrected chi connectivity index (χ4v) is 1.84. The van der Waals surface area contributed by atoms with Crippen molar-refractivity contribution in [2.45, 2.75) is 38.6 Å². The van der Waals surface area contributed by atoms with Crippen LogP contribution >= 0.6 is 11.6 Å². The zero-order chi connectivity index (χ0) is 11.6. The number of nitrogens with two attached hydrogens (primary N) is 1. The van der Waals surface area contributed by atoms with Crippen LogP contribution < -0.4 is 5.73 Å². The van der Waals surface area contributed by atoms with Crippen molar-refractivity contribution in [3.8, 4) is 0 Å². The van der Waals surface area contributed by atoms with E-state index in [1.807, 2.05) is 26.8 Å². The Morgan fingerprint density at radius 2 is 2.07 bits per heavy atom. The molecule has 0 aliphatic carbocycles.